The highest BCUT2D eigenvalue weighted by molar-refractivity contribution is 5.58. The van der Waals surface area contributed by atoms with Crippen LogP contribution in [-0.2, 0) is 0 Å². The summed E-state index contributed by atoms with van der Waals surface area (Å²) in [7, 11) is 3.46. The summed E-state index contributed by atoms with van der Waals surface area (Å²) in [5, 5.41) is 13.1. The van der Waals surface area contributed by atoms with Gasteiger partial charge in [0, 0.05) is 31.7 Å². The predicted octanol–water partition coefficient (Wildman–Crippen LogP) is 3.72. The van der Waals surface area contributed by atoms with Gasteiger partial charge in [0.05, 0.1) is 25.9 Å². The summed E-state index contributed by atoms with van der Waals surface area (Å²) in [5.74, 6) is 2.70. The molecule has 1 aromatic heterocycles. The van der Waals surface area contributed by atoms with E-state index in [1.54, 1.807) is 14.2 Å². The standard InChI is InChI=1S/C25H32N6O2/c1-32-22-13-7-5-11-20(22)24(25-26-27-28-31(25)19-9-3-4-10-19)30-17-15-29(16-18-30)21-12-6-8-14-23(21)33-2/h5-8,11-14,19,24H,3-4,9-10,15-18H2,1-2H3/t24-/m1/s1. The van der Waals surface area contributed by atoms with Crippen molar-refractivity contribution in [2.24, 2.45) is 0 Å². The van der Waals surface area contributed by atoms with E-state index in [4.69, 9.17) is 9.47 Å². The molecule has 2 aromatic carbocycles. The largest absolute Gasteiger partial charge is 0.496 e. The van der Waals surface area contributed by atoms with Crippen LogP contribution in [0.1, 0.15) is 49.2 Å². The van der Waals surface area contributed by atoms with Crippen LogP contribution in [-0.4, -0.2) is 65.5 Å². The molecule has 1 saturated heterocycles. The molecule has 0 amide bonds. The molecule has 174 valence electrons. The van der Waals surface area contributed by atoms with Crippen LogP contribution >= 0.6 is 0 Å². The van der Waals surface area contributed by atoms with E-state index in [9.17, 15) is 0 Å². The van der Waals surface area contributed by atoms with Gasteiger partial charge in [-0.3, -0.25) is 4.90 Å². The fraction of sp³-hybridized carbons (Fsp3) is 0.480. The molecule has 1 saturated carbocycles. The molecular weight excluding hydrogens is 416 g/mol. The van der Waals surface area contributed by atoms with Crippen molar-refractivity contribution in [2.45, 2.75) is 37.8 Å². The van der Waals surface area contributed by atoms with Crippen molar-refractivity contribution in [1.82, 2.24) is 25.1 Å². The van der Waals surface area contributed by atoms with Gasteiger partial charge in [-0.2, -0.15) is 0 Å². The maximum absolute atomic E-state index is 5.77. The third-order valence-corrected chi connectivity index (χ3v) is 6.97. The molecule has 1 aliphatic carbocycles. The van der Waals surface area contributed by atoms with Crippen LogP contribution in [0.4, 0.5) is 5.69 Å². The SMILES string of the molecule is COc1ccccc1[C@H](c1nnnn1C1CCCC1)N1CCN(c2ccccc2OC)CC1. The molecule has 5 rings (SSSR count). The van der Waals surface area contributed by atoms with E-state index in [1.807, 2.05) is 24.3 Å². The highest BCUT2D eigenvalue weighted by Crippen LogP contribution is 2.38. The summed E-state index contributed by atoms with van der Waals surface area (Å²) >= 11 is 0. The first-order valence-corrected chi connectivity index (χ1v) is 11.8. The molecule has 2 heterocycles. The molecule has 3 aromatic rings. The Morgan fingerprint density at radius 1 is 0.848 bits per heavy atom. The summed E-state index contributed by atoms with van der Waals surface area (Å²) in [6.45, 7) is 3.57. The summed E-state index contributed by atoms with van der Waals surface area (Å²) < 4.78 is 13.5. The predicted molar refractivity (Wildman–Crippen MR) is 127 cm³/mol. The normalized spacial score (nSPS) is 18.4. The van der Waals surface area contributed by atoms with Gasteiger partial charge >= 0.3 is 0 Å². The van der Waals surface area contributed by atoms with Gasteiger partial charge in [-0.25, -0.2) is 4.68 Å². The number of aromatic nitrogens is 4. The van der Waals surface area contributed by atoms with Gasteiger partial charge in [0.25, 0.3) is 0 Å². The first-order valence-electron chi connectivity index (χ1n) is 11.8. The van der Waals surface area contributed by atoms with E-state index < -0.39 is 0 Å². The Labute approximate surface area is 195 Å². The minimum Gasteiger partial charge on any atom is -0.496 e. The number of nitrogens with zero attached hydrogens (tertiary/aromatic N) is 6. The van der Waals surface area contributed by atoms with Crippen LogP contribution in [0.15, 0.2) is 48.5 Å². The van der Waals surface area contributed by atoms with Gasteiger partial charge in [-0.05, 0) is 41.5 Å². The Balaban J connectivity index is 1.46. The fourth-order valence-corrected chi connectivity index (χ4v) is 5.29. The number of hydrogen-bond donors (Lipinski definition) is 0. The minimum atomic E-state index is -0.0587. The molecule has 1 aliphatic heterocycles. The highest BCUT2D eigenvalue weighted by atomic mass is 16.5. The Morgan fingerprint density at radius 2 is 1.52 bits per heavy atom. The van der Waals surface area contributed by atoms with Crippen LogP contribution in [0.25, 0.3) is 0 Å². The van der Waals surface area contributed by atoms with Crippen molar-refractivity contribution in [3.63, 3.8) is 0 Å². The average molecular weight is 449 g/mol. The molecule has 0 spiro atoms. The summed E-state index contributed by atoms with van der Waals surface area (Å²) in [6, 6.07) is 16.8. The van der Waals surface area contributed by atoms with Crippen molar-refractivity contribution < 1.29 is 9.47 Å². The lowest BCUT2D eigenvalue weighted by Crippen LogP contribution is -2.48. The van der Waals surface area contributed by atoms with E-state index in [0.29, 0.717) is 6.04 Å². The summed E-state index contributed by atoms with van der Waals surface area (Å²) in [4.78, 5) is 4.88. The highest BCUT2D eigenvalue weighted by Gasteiger charge is 2.34. The Kier molecular flexibility index (Phi) is 6.44. The first-order chi connectivity index (χ1) is 16.3. The molecule has 0 radical (unpaired) electrons. The molecule has 33 heavy (non-hydrogen) atoms. The molecule has 0 unspecified atom stereocenters. The number of ether oxygens (including phenoxy) is 2. The first kappa shape index (κ1) is 21.7. The van der Waals surface area contributed by atoms with Gasteiger partial charge in [0.1, 0.15) is 17.5 Å². The Morgan fingerprint density at radius 3 is 2.24 bits per heavy atom. The number of benzene rings is 2. The maximum atomic E-state index is 5.77. The lowest BCUT2D eigenvalue weighted by Gasteiger charge is -2.40. The van der Waals surface area contributed by atoms with Gasteiger partial charge < -0.3 is 14.4 Å². The van der Waals surface area contributed by atoms with Crippen LogP contribution in [0.5, 0.6) is 11.5 Å². The third-order valence-electron chi connectivity index (χ3n) is 6.97. The zero-order valence-electron chi connectivity index (χ0n) is 19.4. The van der Waals surface area contributed by atoms with Crippen LogP contribution < -0.4 is 14.4 Å². The van der Waals surface area contributed by atoms with E-state index in [1.165, 1.54) is 12.8 Å². The number of piperazine rings is 1. The van der Waals surface area contributed by atoms with Crippen LogP contribution in [0.3, 0.4) is 0 Å². The van der Waals surface area contributed by atoms with Gasteiger partial charge in [-0.1, -0.05) is 43.2 Å². The zero-order valence-corrected chi connectivity index (χ0v) is 19.4. The number of hydrogen-bond acceptors (Lipinski definition) is 7. The smallest absolute Gasteiger partial charge is 0.173 e. The Hall–Kier alpha value is -3.13. The van der Waals surface area contributed by atoms with Crippen molar-refractivity contribution in [3.8, 4) is 11.5 Å². The topological polar surface area (TPSA) is 68.5 Å². The molecular formula is C25H32N6O2. The number of rotatable bonds is 7. The quantitative estimate of drug-likeness (QED) is 0.546. The second-order valence-corrected chi connectivity index (χ2v) is 8.76. The summed E-state index contributed by atoms with van der Waals surface area (Å²) in [6.07, 6.45) is 4.75. The van der Waals surface area contributed by atoms with Gasteiger partial charge in [-0.15, -0.1) is 5.10 Å². The summed E-state index contributed by atoms with van der Waals surface area (Å²) in [5.41, 5.74) is 2.25. The van der Waals surface area contributed by atoms with Gasteiger partial charge in [0.2, 0.25) is 0 Å². The van der Waals surface area contributed by atoms with Crippen LogP contribution in [0, 0.1) is 0 Å². The second-order valence-electron chi connectivity index (χ2n) is 8.76. The van der Waals surface area contributed by atoms with Gasteiger partial charge in [0.15, 0.2) is 5.82 Å². The van der Waals surface area contributed by atoms with Crippen molar-refractivity contribution in [1.29, 1.82) is 0 Å². The van der Waals surface area contributed by atoms with E-state index in [0.717, 1.165) is 67.6 Å². The van der Waals surface area contributed by atoms with E-state index in [-0.39, 0.29) is 6.04 Å². The van der Waals surface area contributed by atoms with Crippen molar-refractivity contribution in [3.05, 3.63) is 59.9 Å². The van der Waals surface area contributed by atoms with Crippen LogP contribution in [0.2, 0.25) is 0 Å². The lowest BCUT2D eigenvalue weighted by atomic mass is 10.0. The number of tetrazole rings is 1. The van der Waals surface area contributed by atoms with E-state index in [2.05, 4.69) is 54.3 Å². The lowest BCUT2D eigenvalue weighted by molar-refractivity contribution is 0.194. The Bertz CT molecular complexity index is 1060. The molecule has 0 bridgehead atoms. The molecule has 0 N–H and O–H groups in total. The van der Waals surface area contributed by atoms with Crippen molar-refractivity contribution in [2.75, 3.05) is 45.3 Å². The van der Waals surface area contributed by atoms with E-state index >= 15 is 0 Å². The fourth-order valence-electron chi connectivity index (χ4n) is 5.29. The second kappa shape index (κ2) is 9.79. The average Bonchev–Trinajstić information content (AvgIpc) is 3.57. The molecule has 8 nitrogen and oxygen atoms in total. The minimum absolute atomic E-state index is 0.0587. The molecule has 8 heteroatoms. The number of anilines is 1. The molecule has 2 aliphatic rings. The molecule has 1 atom stereocenters. The maximum Gasteiger partial charge on any atom is 0.173 e. The monoisotopic (exact) mass is 448 g/mol. The number of para-hydroxylation sites is 3. The zero-order chi connectivity index (χ0) is 22.6. The molecule has 2 fully saturated rings. The number of methoxy groups -OCH3 is 2. The van der Waals surface area contributed by atoms with Crippen molar-refractivity contribution >= 4 is 5.69 Å². The third kappa shape index (κ3) is 4.27.